The minimum Gasteiger partial charge on any atom is -0.339 e. The Hall–Kier alpha value is -1.68. The highest BCUT2D eigenvalue weighted by atomic mass is 16.5. The molecule has 2 N–H and O–H groups in total. The van der Waals surface area contributed by atoms with Crippen molar-refractivity contribution < 1.29 is 4.52 Å². The van der Waals surface area contributed by atoms with Gasteiger partial charge in [0.15, 0.2) is 5.82 Å². The molecule has 0 saturated heterocycles. The van der Waals surface area contributed by atoms with Gasteiger partial charge in [-0.15, -0.1) is 0 Å². The molecule has 1 heterocycles. The zero-order chi connectivity index (χ0) is 13.2. The van der Waals surface area contributed by atoms with Crippen LogP contribution in [0, 0.1) is 0 Å². The number of benzene rings is 1. The van der Waals surface area contributed by atoms with E-state index in [9.17, 15) is 0 Å². The fraction of sp³-hybridized carbons (Fsp3) is 0.467. The molecule has 1 aromatic carbocycles. The van der Waals surface area contributed by atoms with E-state index in [0.717, 1.165) is 11.4 Å². The zero-order valence-electron chi connectivity index (χ0n) is 11.1. The lowest BCUT2D eigenvalue weighted by atomic mass is 9.85. The van der Waals surface area contributed by atoms with E-state index in [1.807, 2.05) is 37.3 Å². The van der Waals surface area contributed by atoms with E-state index in [2.05, 4.69) is 10.1 Å². The third-order valence-corrected chi connectivity index (χ3v) is 4.04. The highest BCUT2D eigenvalue weighted by Gasteiger charge is 2.27. The summed E-state index contributed by atoms with van der Waals surface area (Å²) < 4.78 is 5.38. The molecule has 0 bridgehead atoms. The topological polar surface area (TPSA) is 64.9 Å². The summed E-state index contributed by atoms with van der Waals surface area (Å²) in [5, 5.41) is 4.09. The maximum atomic E-state index is 6.27. The van der Waals surface area contributed by atoms with Crippen LogP contribution < -0.4 is 5.73 Å². The van der Waals surface area contributed by atoms with Gasteiger partial charge in [-0.2, -0.15) is 4.98 Å². The summed E-state index contributed by atoms with van der Waals surface area (Å²) in [6, 6.07) is 9.93. The van der Waals surface area contributed by atoms with Crippen molar-refractivity contribution in [3.63, 3.8) is 0 Å². The Bertz CT molecular complexity index is 533. The van der Waals surface area contributed by atoms with Crippen molar-refractivity contribution in [1.82, 2.24) is 10.1 Å². The molecule has 1 saturated carbocycles. The lowest BCUT2D eigenvalue weighted by molar-refractivity contribution is 0.327. The summed E-state index contributed by atoms with van der Waals surface area (Å²) in [5.41, 5.74) is 7.37. The van der Waals surface area contributed by atoms with Crippen LogP contribution in [0.4, 0.5) is 0 Å². The molecular formula is C15H19N3O. The SMILES string of the molecule is CC(c1nc(C2CCC2)no1)C(N)c1ccccc1. The third kappa shape index (κ3) is 2.40. The van der Waals surface area contributed by atoms with Crippen molar-refractivity contribution in [2.75, 3.05) is 0 Å². The van der Waals surface area contributed by atoms with Gasteiger partial charge in [0.25, 0.3) is 0 Å². The molecule has 4 nitrogen and oxygen atoms in total. The number of nitrogens with two attached hydrogens (primary N) is 1. The van der Waals surface area contributed by atoms with Gasteiger partial charge in [0.05, 0.1) is 5.92 Å². The Morgan fingerprint density at radius 3 is 2.63 bits per heavy atom. The van der Waals surface area contributed by atoms with Gasteiger partial charge in [0.1, 0.15) is 0 Å². The molecule has 4 heteroatoms. The molecule has 19 heavy (non-hydrogen) atoms. The Morgan fingerprint density at radius 1 is 1.26 bits per heavy atom. The third-order valence-electron chi connectivity index (χ3n) is 4.04. The summed E-state index contributed by atoms with van der Waals surface area (Å²) in [7, 11) is 0. The average molecular weight is 257 g/mol. The van der Waals surface area contributed by atoms with Crippen molar-refractivity contribution >= 4 is 0 Å². The highest BCUT2D eigenvalue weighted by Crippen LogP contribution is 2.36. The largest absolute Gasteiger partial charge is 0.339 e. The standard InChI is InChI=1S/C15H19N3O/c1-10(13(16)11-6-3-2-4-7-11)15-17-14(18-19-15)12-8-5-9-12/h2-4,6-7,10,12-13H,5,8-9,16H2,1H3. The minimum atomic E-state index is -0.115. The van der Waals surface area contributed by atoms with E-state index in [0.29, 0.717) is 11.8 Å². The molecule has 2 aromatic rings. The average Bonchev–Trinajstić information content (AvgIpc) is 2.85. The Labute approximate surface area is 113 Å². The van der Waals surface area contributed by atoms with Gasteiger partial charge >= 0.3 is 0 Å². The van der Waals surface area contributed by atoms with E-state index >= 15 is 0 Å². The van der Waals surface area contributed by atoms with Gasteiger partial charge in [-0.3, -0.25) is 0 Å². The molecular weight excluding hydrogens is 238 g/mol. The smallest absolute Gasteiger partial charge is 0.231 e. The lowest BCUT2D eigenvalue weighted by Gasteiger charge is -2.21. The minimum absolute atomic E-state index is 0.0312. The fourth-order valence-electron chi connectivity index (χ4n) is 2.38. The molecule has 0 spiro atoms. The monoisotopic (exact) mass is 257 g/mol. The molecule has 1 aromatic heterocycles. The highest BCUT2D eigenvalue weighted by molar-refractivity contribution is 5.21. The summed E-state index contributed by atoms with van der Waals surface area (Å²) >= 11 is 0. The molecule has 2 unspecified atom stereocenters. The molecule has 2 atom stereocenters. The van der Waals surface area contributed by atoms with Gasteiger partial charge in [-0.25, -0.2) is 0 Å². The van der Waals surface area contributed by atoms with Crippen LogP contribution in [0.5, 0.6) is 0 Å². The van der Waals surface area contributed by atoms with Gasteiger partial charge in [-0.1, -0.05) is 48.8 Å². The normalized spacial score (nSPS) is 18.8. The summed E-state index contributed by atoms with van der Waals surface area (Å²) in [4.78, 5) is 4.52. The molecule has 1 aliphatic rings. The first-order valence-corrected chi connectivity index (χ1v) is 6.89. The van der Waals surface area contributed by atoms with Gasteiger partial charge in [-0.05, 0) is 18.4 Å². The van der Waals surface area contributed by atoms with E-state index in [1.54, 1.807) is 0 Å². The van der Waals surface area contributed by atoms with Crippen LogP contribution in [0.25, 0.3) is 0 Å². The second-order valence-corrected chi connectivity index (χ2v) is 5.34. The van der Waals surface area contributed by atoms with Gasteiger partial charge in [0, 0.05) is 12.0 Å². The van der Waals surface area contributed by atoms with Crippen molar-refractivity contribution in [1.29, 1.82) is 0 Å². The number of hydrogen-bond acceptors (Lipinski definition) is 4. The van der Waals surface area contributed by atoms with E-state index < -0.39 is 0 Å². The molecule has 0 radical (unpaired) electrons. The first-order chi connectivity index (χ1) is 9.25. The summed E-state index contributed by atoms with van der Waals surface area (Å²) in [6.45, 7) is 2.04. The van der Waals surface area contributed by atoms with Crippen LogP contribution in [-0.2, 0) is 0 Å². The molecule has 0 amide bonds. The number of rotatable bonds is 4. The summed E-state index contributed by atoms with van der Waals surface area (Å²) in [6.07, 6.45) is 3.63. The van der Waals surface area contributed by atoms with E-state index in [1.165, 1.54) is 19.3 Å². The van der Waals surface area contributed by atoms with Crippen LogP contribution in [-0.4, -0.2) is 10.1 Å². The van der Waals surface area contributed by atoms with Crippen molar-refractivity contribution in [2.45, 2.75) is 44.1 Å². The van der Waals surface area contributed by atoms with Crippen LogP contribution in [0.15, 0.2) is 34.9 Å². The van der Waals surface area contributed by atoms with Crippen molar-refractivity contribution in [2.24, 2.45) is 5.73 Å². The molecule has 3 rings (SSSR count). The second-order valence-electron chi connectivity index (χ2n) is 5.34. The van der Waals surface area contributed by atoms with E-state index in [4.69, 9.17) is 10.3 Å². The van der Waals surface area contributed by atoms with Gasteiger partial charge < -0.3 is 10.3 Å². The molecule has 1 fully saturated rings. The maximum Gasteiger partial charge on any atom is 0.231 e. The maximum absolute atomic E-state index is 6.27. The van der Waals surface area contributed by atoms with Crippen LogP contribution in [0.2, 0.25) is 0 Å². The number of aromatic nitrogens is 2. The predicted octanol–water partition coefficient (Wildman–Crippen LogP) is 3.14. The van der Waals surface area contributed by atoms with Crippen molar-refractivity contribution in [3.8, 4) is 0 Å². The van der Waals surface area contributed by atoms with Crippen LogP contribution in [0.1, 0.15) is 61.3 Å². The fourth-order valence-corrected chi connectivity index (χ4v) is 2.38. The number of hydrogen-bond donors (Lipinski definition) is 1. The van der Waals surface area contributed by atoms with Gasteiger partial charge in [0.2, 0.25) is 5.89 Å². The first-order valence-electron chi connectivity index (χ1n) is 6.89. The number of nitrogens with zero attached hydrogens (tertiary/aromatic N) is 2. The molecule has 0 aliphatic heterocycles. The first kappa shape index (κ1) is 12.4. The Kier molecular flexibility index (Phi) is 3.34. The second kappa shape index (κ2) is 5.13. The lowest BCUT2D eigenvalue weighted by Crippen LogP contribution is -2.18. The molecule has 1 aliphatic carbocycles. The Balaban J connectivity index is 1.75. The predicted molar refractivity (Wildman–Crippen MR) is 72.7 cm³/mol. The van der Waals surface area contributed by atoms with Crippen molar-refractivity contribution in [3.05, 3.63) is 47.6 Å². The zero-order valence-corrected chi connectivity index (χ0v) is 11.1. The summed E-state index contributed by atoms with van der Waals surface area (Å²) in [5.74, 6) is 2.04. The molecule has 100 valence electrons. The van der Waals surface area contributed by atoms with E-state index in [-0.39, 0.29) is 12.0 Å². The van der Waals surface area contributed by atoms with Crippen LogP contribution in [0.3, 0.4) is 0 Å². The quantitative estimate of drug-likeness (QED) is 0.913. The van der Waals surface area contributed by atoms with Crippen LogP contribution >= 0.6 is 0 Å². The Morgan fingerprint density at radius 2 is 2.00 bits per heavy atom.